The highest BCUT2D eigenvalue weighted by atomic mass is 127. The highest BCUT2D eigenvalue weighted by Crippen LogP contribution is 2.31. The van der Waals surface area contributed by atoms with Gasteiger partial charge in [0.25, 0.3) is 0 Å². The van der Waals surface area contributed by atoms with Crippen molar-refractivity contribution in [2.75, 3.05) is 78.9 Å². The molecule has 162 valence electrons. The zero-order valence-electron chi connectivity index (χ0n) is 15.9. The van der Waals surface area contributed by atoms with Gasteiger partial charge in [0.2, 0.25) is 0 Å². The summed E-state index contributed by atoms with van der Waals surface area (Å²) in [6.45, 7) is 4.41. The SMILES string of the molecule is OCCN(CCO)CCOc1cc(I)c(OCCN(CCO)CCO)cc1I. The van der Waals surface area contributed by atoms with Gasteiger partial charge in [-0.3, -0.25) is 9.80 Å². The molecule has 0 aliphatic carbocycles. The molecule has 28 heavy (non-hydrogen) atoms. The van der Waals surface area contributed by atoms with E-state index < -0.39 is 0 Å². The number of aliphatic hydroxyl groups is 4. The molecule has 0 aliphatic heterocycles. The lowest BCUT2D eigenvalue weighted by atomic mass is 10.3. The topological polar surface area (TPSA) is 106 Å². The number of nitrogens with zero attached hydrogens (tertiary/aromatic N) is 2. The van der Waals surface area contributed by atoms with E-state index in [4.69, 9.17) is 29.9 Å². The van der Waals surface area contributed by atoms with E-state index in [2.05, 4.69) is 45.2 Å². The van der Waals surface area contributed by atoms with Crippen molar-refractivity contribution in [1.82, 2.24) is 9.80 Å². The third-order valence-electron chi connectivity index (χ3n) is 3.98. The summed E-state index contributed by atoms with van der Waals surface area (Å²) in [6, 6.07) is 3.86. The number of rotatable bonds is 16. The largest absolute Gasteiger partial charge is 0.491 e. The fraction of sp³-hybridized carbons (Fsp3) is 0.667. The van der Waals surface area contributed by atoms with E-state index in [9.17, 15) is 0 Å². The fourth-order valence-electron chi connectivity index (χ4n) is 2.54. The van der Waals surface area contributed by atoms with E-state index in [1.807, 2.05) is 21.9 Å². The Labute approximate surface area is 193 Å². The summed E-state index contributed by atoms with van der Waals surface area (Å²) >= 11 is 4.41. The Balaban J connectivity index is 2.54. The van der Waals surface area contributed by atoms with Crippen LogP contribution in [-0.2, 0) is 0 Å². The van der Waals surface area contributed by atoms with Gasteiger partial charge >= 0.3 is 0 Å². The molecule has 1 aromatic carbocycles. The van der Waals surface area contributed by atoms with Crippen molar-refractivity contribution in [2.24, 2.45) is 0 Å². The number of hydrogen-bond acceptors (Lipinski definition) is 8. The van der Waals surface area contributed by atoms with E-state index in [-0.39, 0.29) is 26.4 Å². The maximum absolute atomic E-state index is 9.05. The fourth-order valence-corrected chi connectivity index (χ4v) is 3.73. The first-order valence-corrected chi connectivity index (χ1v) is 11.3. The van der Waals surface area contributed by atoms with Gasteiger partial charge in [0, 0.05) is 39.3 Å². The Kier molecular flexibility index (Phi) is 14.7. The van der Waals surface area contributed by atoms with Crippen LogP contribution >= 0.6 is 45.2 Å². The molecular weight excluding hydrogens is 594 g/mol. The molecule has 0 amide bonds. The van der Waals surface area contributed by atoms with Crippen molar-refractivity contribution in [1.29, 1.82) is 0 Å². The van der Waals surface area contributed by atoms with Gasteiger partial charge in [0.05, 0.1) is 33.6 Å². The Morgan fingerprint density at radius 2 is 0.929 bits per heavy atom. The molecule has 0 unspecified atom stereocenters. The first-order chi connectivity index (χ1) is 13.5. The lowest BCUT2D eigenvalue weighted by molar-refractivity contribution is 0.140. The first-order valence-electron chi connectivity index (χ1n) is 9.18. The Bertz CT molecular complexity index is 493. The summed E-state index contributed by atoms with van der Waals surface area (Å²) in [7, 11) is 0. The van der Waals surface area contributed by atoms with Crippen LogP contribution in [0.15, 0.2) is 12.1 Å². The minimum absolute atomic E-state index is 0.0511. The number of halogens is 2. The van der Waals surface area contributed by atoms with Gasteiger partial charge in [-0.1, -0.05) is 0 Å². The number of benzene rings is 1. The lowest BCUT2D eigenvalue weighted by Crippen LogP contribution is -2.33. The molecule has 0 atom stereocenters. The highest BCUT2D eigenvalue weighted by molar-refractivity contribution is 14.1. The van der Waals surface area contributed by atoms with E-state index in [1.165, 1.54) is 0 Å². The molecule has 0 saturated carbocycles. The summed E-state index contributed by atoms with van der Waals surface area (Å²) in [4.78, 5) is 3.89. The van der Waals surface area contributed by atoms with Crippen LogP contribution in [0, 0.1) is 7.14 Å². The maximum Gasteiger partial charge on any atom is 0.134 e. The molecule has 0 fully saturated rings. The first kappa shape index (κ1) is 26.1. The Morgan fingerprint density at radius 1 is 0.607 bits per heavy atom. The summed E-state index contributed by atoms with van der Waals surface area (Å²) in [6.07, 6.45) is 0. The number of hydrogen-bond donors (Lipinski definition) is 4. The molecule has 0 radical (unpaired) electrons. The summed E-state index contributed by atoms with van der Waals surface area (Å²) in [5.74, 6) is 1.54. The second-order valence-electron chi connectivity index (χ2n) is 5.99. The molecule has 1 rings (SSSR count). The smallest absolute Gasteiger partial charge is 0.134 e. The third kappa shape index (κ3) is 10.2. The average molecular weight is 624 g/mol. The number of ether oxygens (including phenoxy) is 2. The normalized spacial score (nSPS) is 11.4. The van der Waals surface area contributed by atoms with Crippen molar-refractivity contribution in [3.8, 4) is 11.5 Å². The monoisotopic (exact) mass is 624 g/mol. The van der Waals surface area contributed by atoms with Crippen LogP contribution in [0.3, 0.4) is 0 Å². The van der Waals surface area contributed by atoms with Gasteiger partial charge in [-0.05, 0) is 57.3 Å². The highest BCUT2D eigenvalue weighted by Gasteiger charge is 2.11. The molecule has 0 heterocycles. The van der Waals surface area contributed by atoms with Crippen LogP contribution < -0.4 is 9.47 Å². The molecular formula is C18H30I2N2O6. The molecule has 0 bridgehead atoms. The lowest BCUT2D eigenvalue weighted by Gasteiger charge is -2.21. The quantitative estimate of drug-likeness (QED) is 0.194. The Hall–Kier alpha value is 0.0400. The molecule has 4 N–H and O–H groups in total. The van der Waals surface area contributed by atoms with Crippen molar-refractivity contribution in [3.05, 3.63) is 19.3 Å². The number of aliphatic hydroxyl groups excluding tert-OH is 4. The molecule has 0 aliphatic rings. The summed E-state index contributed by atoms with van der Waals surface area (Å²) in [5, 5.41) is 36.2. The Morgan fingerprint density at radius 3 is 1.21 bits per heavy atom. The second kappa shape index (κ2) is 15.8. The minimum Gasteiger partial charge on any atom is -0.491 e. The van der Waals surface area contributed by atoms with Crippen molar-refractivity contribution < 1.29 is 29.9 Å². The van der Waals surface area contributed by atoms with Crippen LogP contribution in [0.25, 0.3) is 0 Å². The molecule has 0 saturated heterocycles. The van der Waals surface area contributed by atoms with Crippen LogP contribution in [0.4, 0.5) is 0 Å². The van der Waals surface area contributed by atoms with E-state index in [1.54, 1.807) is 0 Å². The second-order valence-corrected chi connectivity index (χ2v) is 8.31. The van der Waals surface area contributed by atoms with Crippen LogP contribution in [0.2, 0.25) is 0 Å². The summed E-state index contributed by atoms with van der Waals surface area (Å²) in [5.41, 5.74) is 0. The molecule has 0 spiro atoms. The van der Waals surface area contributed by atoms with E-state index >= 15 is 0 Å². The van der Waals surface area contributed by atoms with Gasteiger partial charge in [-0.25, -0.2) is 0 Å². The zero-order chi connectivity index (χ0) is 20.8. The van der Waals surface area contributed by atoms with Crippen molar-refractivity contribution in [2.45, 2.75) is 0 Å². The maximum atomic E-state index is 9.05. The van der Waals surface area contributed by atoms with Gasteiger partial charge in [-0.2, -0.15) is 0 Å². The van der Waals surface area contributed by atoms with Gasteiger partial charge < -0.3 is 29.9 Å². The van der Waals surface area contributed by atoms with Crippen molar-refractivity contribution >= 4 is 45.2 Å². The molecule has 0 aromatic heterocycles. The van der Waals surface area contributed by atoms with Crippen LogP contribution in [-0.4, -0.2) is 109 Å². The predicted molar refractivity (Wildman–Crippen MR) is 124 cm³/mol. The minimum atomic E-state index is 0.0511. The van der Waals surface area contributed by atoms with E-state index in [0.717, 1.165) is 18.6 Å². The predicted octanol–water partition coefficient (Wildman–Crippen LogP) is 0.227. The average Bonchev–Trinajstić information content (AvgIpc) is 2.66. The molecule has 8 nitrogen and oxygen atoms in total. The van der Waals surface area contributed by atoms with E-state index in [0.29, 0.717) is 52.5 Å². The van der Waals surface area contributed by atoms with Gasteiger partial charge in [-0.15, -0.1) is 0 Å². The van der Waals surface area contributed by atoms with Gasteiger partial charge in [0.15, 0.2) is 0 Å². The zero-order valence-corrected chi connectivity index (χ0v) is 20.2. The molecule has 10 heteroatoms. The third-order valence-corrected chi connectivity index (χ3v) is 5.67. The van der Waals surface area contributed by atoms with Crippen molar-refractivity contribution in [3.63, 3.8) is 0 Å². The summed E-state index contributed by atoms with van der Waals surface area (Å²) < 4.78 is 13.6. The molecule has 1 aromatic rings. The van der Waals surface area contributed by atoms with Crippen LogP contribution in [0.1, 0.15) is 0 Å². The standard InChI is InChI=1S/C18H30I2N2O6/c19-15-14-18(28-12-6-22(3-9-25)4-10-26)16(20)13-17(15)27-11-5-21(1-7-23)2-8-24/h13-14,23-26H,1-12H2. The van der Waals surface area contributed by atoms with Crippen LogP contribution in [0.5, 0.6) is 11.5 Å². The van der Waals surface area contributed by atoms with Gasteiger partial charge in [0.1, 0.15) is 24.7 Å².